The quantitative estimate of drug-likeness (QED) is 0.793. The van der Waals surface area contributed by atoms with Gasteiger partial charge in [0.15, 0.2) is 0 Å². The van der Waals surface area contributed by atoms with Crippen LogP contribution in [0, 0.1) is 0 Å². The van der Waals surface area contributed by atoms with E-state index in [1.807, 2.05) is 0 Å². The normalized spacial score (nSPS) is 12.9. The van der Waals surface area contributed by atoms with Crippen LogP contribution in [0.5, 0.6) is 0 Å². The first-order chi connectivity index (χ1) is 6.68. The number of thioether (sulfide) groups is 1. The van der Waals surface area contributed by atoms with Crippen LogP contribution < -0.4 is 0 Å². The van der Waals surface area contributed by atoms with Crippen LogP contribution in [0.3, 0.4) is 0 Å². The Bertz CT molecular complexity index is 341. The molecule has 0 aliphatic rings. The highest BCUT2D eigenvalue weighted by atomic mass is 32.2. The van der Waals surface area contributed by atoms with E-state index in [1.54, 1.807) is 6.07 Å². The molecule has 5 heteroatoms. The molecular weight excluding hydrogens is 225 g/mol. The van der Waals surface area contributed by atoms with Crippen molar-refractivity contribution in [3.8, 4) is 0 Å². The highest BCUT2D eigenvalue weighted by molar-refractivity contribution is 8.00. The lowest BCUT2D eigenvalue weighted by Gasteiger charge is -2.18. The van der Waals surface area contributed by atoms with E-state index in [1.165, 1.54) is 32.0 Å². The molecular formula is C10H11F3OS. The zero-order chi connectivity index (χ0) is 11.7. The van der Waals surface area contributed by atoms with E-state index < -0.39 is 11.1 Å². The van der Waals surface area contributed by atoms with Crippen LogP contribution in [-0.4, -0.2) is 10.6 Å². The molecule has 1 aromatic carbocycles. The molecule has 0 amide bonds. The number of aliphatic hydroxyl groups is 1. The van der Waals surface area contributed by atoms with Gasteiger partial charge in [-0.15, -0.1) is 0 Å². The Hall–Kier alpha value is -0.680. The zero-order valence-electron chi connectivity index (χ0n) is 8.30. The van der Waals surface area contributed by atoms with Crippen LogP contribution in [0.1, 0.15) is 19.4 Å². The number of hydrogen-bond acceptors (Lipinski definition) is 2. The van der Waals surface area contributed by atoms with Crippen molar-refractivity contribution < 1.29 is 18.3 Å². The van der Waals surface area contributed by atoms with E-state index >= 15 is 0 Å². The second kappa shape index (κ2) is 4.06. The predicted molar refractivity (Wildman–Crippen MR) is 53.6 cm³/mol. The molecule has 0 spiro atoms. The van der Waals surface area contributed by atoms with E-state index in [9.17, 15) is 18.3 Å². The van der Waals surface area contributed by atoms with Gasteiger partial charge in [-0.1, -0.05) is 12.1 Å². The van der Waals surface area contributed by atoms with E-state index in [-0.39, 0.29) is 16.7 Å². The van der Waals surface area contributed by atoms with Gasteiger partial charge in [0.1, 0.15) is 0 Å². The standard InChI is InChI=1S/C10H11F3OS/c1-9(2,14)7-4-3-5-8(6-7)15-10(11,12)13/h3-6,14H,1-2H3. The molecule has 0 aromatic heterocycles. The summed E-state index contributed by atoms with van der Waals surface area (Å²) >= 11 is -0.180. The highest BCUT2D eigenvalue weighted by Crippen LogP contribution is 2.37. The molecule has 1 nitrogen and oxygen atoms in total. The van der Waals surface area contributed by atoms with E-state index in [2.05, 4.69) is 0 Å². The van der Waals surface area contributed by atoms with Crippen molar-refractivity contribution in [3.63, 3.8) is 0 Å². The van der Waals surface area contributed by atoms with Gasteiger partial charge >= 0.3 is 5.51 Å². The van der Waals surface area contributed by atoms with Crippen LogP contribution in [0.2, 0.25) is 0 Å². The molecule has 1 N–H and O–H groups in total. The van der Waals surface area contributed by atoms with E-state index in [4.69, 9.17) is 0 Å². The molecule has 0 aliphatic carbocycles. The summed E-state index contributed by atoms with van der Waals surface area (Å²) in [6.45, 7) is 3.06. The summed E-state index contributed by atoms with van der Waals surface area (Å²) in [5.74, 6) is 0. The molecule has 0 fully saturated rings. The van der Waals surface area contributed by atoms with Crippen molar-refractivity contribution in [3.05, 3.63) is 29.8 Å². The second-order valence-electron chi connectivity index (χ2n) is 3.63. The molecule has 0 unspecified atom stereocenters. The third-order valence-electron chi connectivity index (χ3n) is 1.77. The molecule has 0 heterocycles. The summed E-state index contributed by atoms with van der Waals surface area (Å²) in [7, 11) is 0. The molecule has 0 aliphatic heterocycles. The molecule has 15 heavy (non-hydrogen) atoms. The van der Waals surface area contributed by atoms with Gasteiger partial charge in [0.2, 0.25) is 0 Å². The molecule has 1 aromatic rings. The fourth-order valence-electron chi connectivity index (χ4n) is 1.07. The number of rotatable bonds is 2. The minimum absolute atomic E-state index is 0.0853. The van der Waals surface area contributed by atoms with Crippen LogP contribution in [0.15, 0.2) is 29.2 Å². The number of halogens is 3. The molecule has 0 saturated heterocycles. The zero-order valence-corrected chi connectivity index (χ0v) is 9.12. The van der Waals surface area contributed by atoms with Crippen molar-refractivity contribution in [1.82, 2.24) is 0 Å². The van der Waals surface area contributed by atoms with Crippen molar-refractivity contribution in [1.29, 1.82) is 0 Å². The minimum Gasteiger partial charge on any atom is -0.386 e. The molecule has 0 saturated carbocycles. The Balaban J connectivity index is 2.94. The lowest BCUT2D eigenvalue weighted by Crippen LogP contribution is -2.15. The summed E-state index contributed by atoms with van der Waals surface area (Å²) in [6, 6.07) is 5.81. The van der Waals surface area contributed by atoms with Crippen molar-refractivity contribution in [2.24, 2.45) is 0 Å². The summed E-state index contributed by atoms with van der Waals surface area (Å²) in [6.07, 6.45) is 0. The lowest BCUT2D eigenvalue weighted by atomic mass is 9.99. The van der Waals surface area contributed by atoms with Gasteiger partial charge in [-0.25, -0.2) is 0 Å². The first-order valence-corrected chi connectivity index (χ1v) is 5.09. The Labute approximate surface area is 90.3 Å². The smallest absolute Gasteiger partial charge is 0.386 e. The molecule has 1 rings (SSSR count). The second-order valence-corrected chi connectivity index (χ2v) is 4.77. The number of hydrogen-bond donors (Lipinski definition) is 1. The Morgan fingerprint density at radius 3 is 2.27 bits per heavy atom. The average Bonchev–Trinajstić information content (AvgIpc) is 1.99. The first-order valence-electron chi connectivity index (χ1n) is 4.27. The average molecular weight is 236 g/mol. The highest BCUT2D eigenvalue weighted by Gasteiger charge is 2.29. The number of benzene rings is 1. The third-order valence-corrected chi connectivity index (χ3v) is 2.50. The van der Waals surface area contributed by atoms with Crippen molar-refractivity contribution in [2.45, 2.75) is 29.9 Å². The summed E-state index contributed by atoms with van der Waals surface area (Å²) < 4.78 is 36.2. The maximum Gasteiger partial charge on any atom is 0.446 e. The predicted octanol–water partition coefficient (Wildman–Crippen LogP) is 3.53. The Morgan fingerprint density at radius 2 is 1.80 bits per heavy atom. The van der Waals surface area contributed by atoms with Gasteiger partial charge < -0.3 is 5.11 Å². The SMILES string of the molecule is CC(C)(O)c1cccc(SC(F)(F)F)c1. The van der Waals surface area contributed by atoms with Gasteiger partial charge in [0.25, 0.3) is 0 Å². The van der Waals surface area contributed by atoms with Crippen molar-refractivity contribution in [2.75, 3.05) is 0 Å². The van der Waals surface area contributed by atoms with Crippen LogP contribution in [0.25, 0.3) is 0 Å². The largest absolute Gasteiger partial charge is 0.446 e. The van der Waals surface area contributed by atoms with Crippen molar-refractivity contribution >= 4 is 11.8 Å². The monoisotopic (exact) mass is 236 g/mol. The summed E-state index contributed by atoms with van der Waals surface area (Å²) in [5.41, 5.74) is -4.95. The third kappa shape index (κ3) is 4.13. The topological polar surface area (TPSA) is 20.2 Å². The maximum absolute atomic E-state index is 12.1. The molecule has 0 bridgehead atoms. The molecule has 0 atom stereocenters. The molecule has 0 radical (unpaired) electrons. The first kappa shape index (κ1) is 12.4. The minimum atomic E-state index is -4.29. The van der Waals surface area contributed by atoms with Gasteiger partial charge in [-0.2, -0.15) is 13.2 Å². The Morgan fingerprint density at radius 1 is 1.20 bits per heavy atom. The van der Waals surface area contributed by atoms with Crippen LogP contribution >= 0.6 is 11.8 Å². The van der Waals surface area contributed by atoms with Gasteiger partial charge in [0.05, 0.1) is 5.60 Å². The maximum atomic E-state index is 12.1. The summed E-state index contributed by atoms with van der Waals surface area (Å²) in [5, 5.41) is 9.62. The van der Waals surface area contributed by atoms with Crippen LogP contribution in [-0.2, 0) is 5.60 Å². The Kier molecular flexibility index (Phi) is 3.35. The fraction of sp³-hybridized carbons (Fsp3) is 0.400. The van der Waals surface area contributed by atoms with Gasteiger partial charge in [-0.3, -0.25) is 0 Å². The van der Waals surface area contributed by atoms with Gasteiger partial charge in [0, 0.05) is 4.90 Å². The summed E-state index contributed by atoms with van der Waals surface area (Å²) in [4.78, 5) is 0.0853. The lowest BCUT2D eigenvalue weighted by molar-refractivity contribution is -0.0328. The van der Waals surface area contributed by atoms with E-state index in [0.29, 0.717) is 5.56 Å². The fourth-order valence-corrected chi connectivity index (χ4v) is 1.67. The van der Waals surface area contributed by atoms with E-state index in [0.717, 1.165) is 0 Å². The number of alkyl halides is 3. The van der Waals surface area contributed by atoms with Crippen LogP contribution in [0.4, 0.5) is 13.2 Å². The molecule has 84 valence electrons. The van der Waals surface area contributed by atoms with Gasteiger partial charge in [-0.05, 0) is 43.3 Å².